The van der Waals surface area contributed by atoms with E-state index in [1.165, 1.54) is 0 Å². The molecule has 0 bridgehead atoms. The Kier molecular flexibility index (Phi) is 1.29. The largest absolute Gasteiger partial charge is 0.239 e. The molecule has 0 aromatic heterocycles. The summed E-state index contributed by atoms with van der Waals surface area (Å²) in [5.41, 5.74) is -1.43. The molecule has 0 aliphatic heterocycles. The number of allylic oxidation sites excluding steroid dienone is 2. The summed E-state index contributed by atoms with van der Waals surface area (Å²) in [6, 6.07) is 0. The minimum atomic E-state index is -1.12. The van der Waals surface area contributed by atoms with E-state index in [1.54, 1.807) is 13.0 Å². The van der Waals surface area contributed by atoms with Gasteiger partial charge in [-0.25, -0.2) is 4.39 Å². The van der Waals surface area contributed by atoms with Crippen molar-refractivity contribution in [3.63, 3.8) is 0 Å². The van der Waals surface area contributed by atoms with Crippen LogP contribution in [-0.2, 0) is 0 Å². The van der Waals surface area contributed by atoms with Crippen LogP contribution < -0.4 is 0 Å². The molecule has 1 aliphatic carbocycles. The van der Waals surface area contributed by atoms with Gasteiger partial charge in [0.2, 0.25) is 0 Å². The standard InChI is InChI=1S/C7H10BrF/c1-6(2)5(8)4-7(6,3)9/h4H,1-3H3. The molecule has 1 unspecified atom stereocenters. The first kappa shape index (κ1) is 7.26. The summed E-state index contributed by atoms with van der Waals surface area (Å²) in [7, 11) is 0. The number of hydrogen-bond donors (Lipinski definition) is 0. The zero-order valence-corrected chi connectivity index (χ0v) is 7.42. The fraction of sp³-hybridized carbons (Fsp3) is 0.714. The zero-order valence-electron chi connectivity index (χ0n) is 5.83. The molecular formula is C7H10BrF. The highest BCUT2D eigenvalue weighted by Crippen LogP contribution is 2.53. The van der Waals surface area contributed by atoms with E-state index in [4.69, 9.17) is 0 Å². The van der Waals surface area contributed by atoms with Crippen LogP contribution in [0.1, 0.15) is 20.8 Å². The van der Waals surface area contributed by atoms with Crippen LogP contribution in [0.15, 0.2) is 10.6 Å². The lowest BCUT2D eigenvalue weighted by molar-refractivity contribution is 0.0888. The van der Waals surface area contributed by atoms with Crippen LogP contribution in [0.2, 0.25) is 0 Å². The van der Waals surface area contributed by atoms with Crippen LogP contribution in [0, 0.1) is 5.41 Å². The van der Waals surface area contributed by atoms with Crippen LogP contribution in [0.5, 0.6) is 0 Å². The summed E-state index contributed by atoms with van der Waals surface area (Å²) in [5, 5.41) is 0. The SMILES string of the molecule is CC1(F)C=C(Br)C1(C)C. The highest BCUT2D eigenvalue weighted by molar-refractivity contribution is 9.11. The van der Waals surface area contributed by atoms with Crippen molar-refractivity contribution in [3.05, 3.63) is 10.6 Å². The second kappa shape index (κ2) is 1.60. The Bertz CT molecular complexity index is 168. The maximum absolute atomic E-state index is 13.1. The van der Waals surface area contributed by atoms with Gasteiger partial charge in [-0.3, -0.25) is 0 Å². The third kappa shape index (κ3) is 0.759. The van der Waals surface area contributed by atoms with Crippen molar-refractivity contribution in [3.8, 4) is 0 Å². The van der Waals surface area contributed by atoms with Crippen molar-refractivity contribution in [2.75, 3.05) is 0 Å². The van der Waals surface area contributed by atoms with Gasteiger partial charge in [-0.2, -0.15) is 0 Å². The van der Waals surface area contributed by atoms with E-state index in [-0.39, 0.29) is 5.41 Å². The van der Waals surface area contributed by atoms with Gasteiger partial charge >= 0.3 is 0 Å². The number of halogens is 2. The first-order chi connectivity index (χ1) is 3.88. The average Bonchev–Trinajstić information content (AvgIpc) is 1.65. The quantitative estimate of drug-likeness (QED) is 0.554. The van der Waals surface area contributed by atoms with Gasteiger partial charge in [0.15, 0.2) is 0 Å². The molecule has 1 rings (SSSR count). The lowest BCUT2D eigenvalue weighted by atomic mass is 9.68. The summed E-state index contributed by atoms with van der Waals surface area (Å²) < 4.78 is 14.1. The van der Waals surface area contributed by atoms with Crippen LogP contribution in [-0.4, -0.2) is 5.67 Å². The molecule has 0 amide bonds. The Labute approximate surface area is 63.3 Å². The molecule has 52 valence electrons. The predicted molar refractivity (Wildman–Crippen MR) is 40.3 cm³/mol. The van der Waals surface area contributed by atoms with Gasteiger partial charge in [0.25, 0.3) is 0 Å². The van der Waals surface area contributed by atoms with Crippen molar-refractivity contribution in [1.82, 2.24) is 0 Å². The molecule has 0 nitrogen and oxygen atoms in total. The van der Waals surface area contributed by atoms with Gasteiger partial charge in [-0.15, -0.1) is 0 Å². The monoisotopic (exact) mass is 192 g/mol. The van der Waals surface area contributed by atoms with Crippen molar-refractivity contribution in [1.29, 1.82) is 0 Å². The molecule has 0 aromatic rings. The highest BCUT2D eigenvalue weighted by atomic mass is 79.9. The molecule has 0 aromatic carbocycles. The second-order valence-electron chi connectivity index (χ2n) is 3.19. The van der Waals surface area contributed by atoms with E-state index < -0.39 is 5.67 Å². The molecule has 1 atom stereocenters. The summed E-state index contributed by atoms with van der Waals surface area (Å²) >= 11 is 3.28. The number of hydrogen-bond acceptors (Lipinski definition) is 0. The van der Waals surface area contributed by atoms with Crippen LogP contribution in [0.3, 0.4) is 0 Å². The predicted octanol–water partition coefficient (Wildman–Crippen LogP) is 3.03. The van der Waals surface area contributed by atoms with Crippen molar-refractivity contribution < 1.29 is 4.39 Å². The minimum Gasteiger partial charge on any atom is -0.239 e. The first-order valence-electron chi connectivity index (χ1n) is 2.96. The van der Waals surface area contributed by atoms with E-state index in [2.05, 4.69) is 15.9 Å². The molecule has 0 radical (unpaired) electrons. The Morgan fingerprint density at radius 2 is 1.89 bits per heavy atom. The van der Waals surface area contributed by atoms with Crippen molar-refractivity contribution in [2.24, 2.45) is 5.41 Å². The van der Waals surface area contributed by atoms with Crippen molar-refractivity contribution in [2.45, 2.75) is 26.4 Å². The third-order valence-corrected chi connectivity index (χ3v) is 3.44. The Morgan fingerprint density at radius 3 is 1.89 bits per heavy atom. The van der Waals surface area contributed by atoms with E-state index in [1.807, 2.05) is 13.8 Å². The summed E-state index contributed by atoms with van der Waals surface area (Å²) in [4.78, 5) is 0. The van der Waals surface area contributed by atoms with Crippen LogP contribution in [0.25, 0.3) is 0 Å². The van der Waals surface area contributed by atoms with Gasteiger partial charge in [0, 0.05) is 9.90 Å². The molecule has 0 N–H and O–H groups in total. The van der Waals surface area contributed by atoms with Gasteiger partial charge < -0.3 is 0 Å². The van der Waals surface area contributed by atoms with E-state index in [9.17, 15) is 4.39 Å². The zero-order chi connectivity index (χ0) is 7.28. The molecule has 9 heavy (non-hydrogen) atoms. The number of rotatable bonds is 0. The maximum Gasteiger partial charge on any atom is 0.137 e. The summed E-state index contributed by atoms with van der Waals surface area (Å²) in [6.45, 7) is 5.37. The molecule has 2 heteroatoms. The molecule has 0 heterocycles. The summed E-state index contributed by atoms with van der Waals surface area (Å²) in [5.74, 6) is 0. The van der Waals surface area contributed by atoms with E-state index in [0.29, 0.717) is 0 Å². The Hall–Kier alpha value is 0.150. The third-order valence-electron chi connectivity index (χ3n) is 2.22. The molecule has 1 aliphatic rings. The molecule has 0 spiro atoms. The van der Waals surface area contributed by atoms with Crippen LogP contribution in [0.4, 0.5) is 4.39 Å². The second-order valence-corrected chi connectivity index (χ2v) is 4.05. The lowest BCUT2D eigenvalue weighted by Crippen LogP contribution is -2.44. The Morgan fingerprint density at radius 1 is 1.44 bits per heavy atom. The smallest absolute Gasteiger partial charge is 0.137 e. The average molecular weight is 193 g/mol. The van der Waals surface area contributed by atoms with Crippen LogP contribution >= 0.6 is 15.9 Å². The van der Waals surface area contributed by atoms with E-state index in [0.717, 1.165) is 4.48 Å². The summed E-state index contributed by atoms with van der Waals surface area (Å²) in [6.07, 6.45) is 1.60. The fourth-order valence-corrected chi connectivity index (χ4v) is 1.57. The van der Waals surface area contributed by atoms with Gasteiger partial charge in [0.1, 0.15) is 5.67 Å². The fourth-order valence-electron chi connectivity index (χ4n) is 0.755. The van der Waals surface area contributed by atoms with Gasteiger partial charge in [-0.05, 0) is 13.0 Å². The molecular weight excluding hydrogens is 183 g/mol. The topological polar surface area (TPSA) is 0 Å². The van der Waals surface area contributed by atoms with Gasteiger partial charge in [0.05, 0.1) is 0 Å². The highest BCUT2D eigenvalue weighted by Gasteiger charge is 2.49. The van der Waals surface area contributed by atoms with Crippen molar-refractivity contribution >= 4 is 15.9 Å². The first-order valence-corrected chi connectivity index (χ1v) is 3.75. The number of alkyl halides is 1. The Balaban J connectivity index is 2.94. The molecule has 0 saturated heterocycles. The molecule has 0 fully saturated rings. The van der Waals surface area contributed by atoms with Gasteiger partial charge in [-0.1, -0.05) is 29.8 Å². The molecule has 0 saturated carbocycles. The normalized spacial score (nSPS) is 39.4. The lowest BCUT2D eigenvalue weighted by Gasteiger charge is -2.44. The minimum absolute atomic E-state index is 0.313. The van der Waals surface area contributed by atoms with E-state index >= 15 is 0 Å². The maximum atomic E-state index is 13.1.